The van der Waals surface area contributed by atoms with Gasteiger partial charge in [-0.2, -0.15) is 0 Å². The second kappa shape index (κ2) is 5.57. The van der Waals surface area contributed by atoms with E-state index < -0.39 is 0 Å². The van der Waals surface area contributed by atoms with E-state index in [1.54, 1.807) is 11.3 Å². The molecule has 0 unspecified atom stereocenters. The Labute approximate surface area is 115 Å². The second-order valence-corrected chi connectivity index (χ2v) is 7.12. The monoisotopic (exact) mass is 267 g/mol. The van der Waals surface area contributed by atoms with Crippen molar-refractivity contribution in [2.45, 2.75) is 40.2 Å². The van der Waals surface area contributed by atoms with E-state index in [0.29, 0.717) is 5.41 Å². The quantitative estimate of drug-likeness (QED) is 0.912. The number of thiazole rings is 1. The molecule has 0 bridgehead atoms. The molecule has 1 fully saturated rings. The van der Waals surface area contributed by atoms with E-state index in [2.05, 4.69) is 36.4 Å². The number of nitrogens with zero attached hydrogens (tertiary/aromatic N) is 2. The molecule has 1 saturated heterocycles. The molecule has 1 N–H and O–H groups in total. The summed E-state index contributed by atoms with van der Waals surface area (Å²) in [5, 5.41) is 6.52. The first kappa shape index (κ1) is 13.8. The molecule has 4 heteroatoms. The van der Waals surface area contributed by atoms with E-state index in [1.165, 1.54) is 18.0 Å². The molecule has 0 radical (unpaired) electrons. The summed E-state index contributed by atoms with van der Waals surface area (Å²) < 4.78 is 0. The van der Waals surface area contributed by atoms with E-state index in [-0.39, 0.29) is 0 Å². The van der Waals surface area contributed by atoms with E-state index in [1.807, 2.05) is 7.05 Å². The lowest BCUT2D eigenvalue weighted by Crippen LogP contribution is -2.38. The van der Waals surface area contributed by atoms with Crippen LogP contribution < -0.4 is 10.2 Å². The molecular formula is C14H25N3S. The highest BCUT2D eigenvalue weighted by molar-refractivity contribution is 7.13. The second-order valence-electron chi connectivity index (χ2n) is 6.28. The van der Waals surface area contributed by atoms with Crippen LogP contribution in [0.15, 0.2) is 5.38 Å². The summed E-state index contributed by atoms with van der Waals surface area (Å²) in [6, 6.07) is 0. The number of aromatic nitrogens is 1. The molecule has 1 aromatic heterocycles. The lowest BCUT2D eigenvalue weighted by Gasteiger charge is -2.38. The van der Waals surface area contributed by atoms with Crippen LogP contribution in [-0.2, 0) is 6.54 Å². The number of piperidine rings is 1. The van der Waals surface area contributed by atoms with Crippen molar-refractivity contribution in [2.24, 2.45) is 11.3 Å². The smallest absolute Gasteiger partial charge is 0.185 e. The van der Waals surface area contributed by atoms with Gasteiger partial charge in [0.2, 0.25) is 0 Å². The number of nitrogens with one attached hydrogen (secondary N) is 1. The van der Waals surface area contributed by atoms with E-state index in [4.69, 9.17) is 4.98 Å². The third kappa shape index (κ3) is 3.23. The number of hydrogen-bond acceptors (Lipinski definition) is 4. The van der Waals surface area contributed by atoms with Crippen LogP contribution in [0.1, 0.15) is 39.3 Å². The van der Waals surface area contributed by atoms with E-state index in [0.717, 1.165) is 31.2 Å². The Kier molecular flexibility index (Phi) is 4.28. The van der Waals surface area contributed by atoms with Crippen molar-refractivity contribution in [3.8, 4) is 0 Å². The summed E-state index contributed by atoms with van der Waals surface area (Å²) in [4.78, 5) is 7.14. The van der Waals surface area contributed by atoms with Gasteiger partial charge in [0.25, 0.3) is 0 Å². The minimum Gasteiger partial charge on any atom is -0.348 e. The summed E-state index contributed by atoms with van der Waals surface area (Å²) in [5.41, 5.74) is 1.61. The molecule has 3 nitrogen and oxygen atoms in total. The van der Waals surface area contributed by atoms with Crippen molar-refractivity contribution in [1.82, 2.24) is 10.3 Å². The van der Waals surface area contributed by atoms with E-state index >= 15 is 0 Å². The van der Waals surface area contributed by atoms with Gasteiger partial charge in [-0.15, -0.1) is 11.3 Å². The fourth-order valence-corrected chi connectivity index (χ4v) is 3.52. The third-order valence-corrected chi connectivity index (χ3v) is 4.84. The average Bonchev–Trinajstić information content (AvgIpc) is 2.77. The van der Waals surface area contributed by atoms with Crippen molar-refractivity contribution in [2.75, 3.05) is 25.0 Å². The van der Waals surface area contributed by atoms with Gasteiger partial charge in [0, 0.05) is 25.0 Å². The SMILES string of the molecule is CNCc1csc(N2CCC(C(C)(C)C)CC2)n1. The van der Waals surface area contributed by atoms with Crippen LogP contribution in [0.3, 0.4) is 0 Å². The number of anilines is 1. The van der Waals surface area contributed by atoms with Crippen LogP contribution in [-0.4, -0.2) is 25.1 Å². The third-order valence-electron chi connectivity index (χ3n) is 3.89. The molecule has 0 aliphatic carbocycles. The van der Waals surface area contributed by atoms with Crippen molar-refractivity contribution in [3.63, 3.8) is 0 Å². The van der Waals surface area contributed by atoms with Gasteiger partial charge in [0.15, 0.2) is 5.13 Å². The highest BCUT2D eigenvalue weighted by atomic mass is 32.1. The minimum absolute atomic E-state index is 0.451. The summed E-state index contributed by atoms with van der Waals surface area (Å²) in [6.45, 7) is 10.3. The highest BCUT2D eigenvalue weighted by Gasteiger charge is 2.29. The maximum absolute atomic E-state index is 4.69. The van der Waals surface area contributed by atoms with Gasteiger partial charge in [-0.1, -0.05) is 20.8 Å². The van der Waals surface area contributed by atoms with Crippen LogP contribution in [0.25, 0.3) is 0 Å². The zero-order valence-corrected chi connectivity index (χ0v) is 12.8. The van der Waals surface area contributed by atoms with Gasteiger partial charge in [-0.3, -0.25) is 0 Å². The van der Waals surface area contributed by atoms with Crippen LogP contribution in [0.4, 0.5) is 5.13 Å². The van der Waals surface area contributed by atoms with Crippen molar-refractivity contribution in [3.05, 3.63) is 11.1 Å². The van der Waals surface area contributed by atoms with Crippen LogP contribution in [0.5, 0.6) is 0 Å². The van der Waals surface area contributed by atoms with Gasteiger partial charge >= 0.3 is 0 Å². The molecule has 1 aromatic rings. The van der Waals surface area contributed by atoms with Crippen molar-refractivity contribution in [1.29, 1.82) is 0 Å². The van der Waals surface area contributed by atoms with Crippen molar-refractivity contribution < 1.29 is 0 Å². The Balaban J connectivity index is 1.92. The fourth-order valence-electron chi connectivity index (χ4n) is 2.64. The average molecular weight is 267 g/mol. The number of rotatable bonds is 3. The molecule has 0 aromatic carbocycles. The Morgan fingerprint density at radius 1 is 1.39 bits per heavy atom. The van der Waals surface area contributed by atoms with E-state index in [9.17, 15) is 0 Å². The molecule has 0 amide bonds. The molecule has 102 valence electrons. The molecule has 0 spiro atoms. The summed E-state index contributed by atoms with van der Waals surface area (Å²) in [7, 11) is 1.97. The van der Waals surface area contributed by atoms with Gasteiger partial charge in [-0.05, 0) is 31.2 Å². The standard InChI is InChI=1S/C14H25N3S/c1-14(2,3)11-5-7-17(8-6-11)13-16-12(9-15-4)10-18-13/h10-11,15H,5-9H2,1-4H3. The Morgan fingerprint density at radius 2 is 2.06 bits per heavy atom. The molecule has 2 rings (SSSR count). The lowest BCUT2D eigenvalue weighted by atomic mass is 9.75. The predicted octanol–water partition coefficient (Wildman–Crippen LogP) is 3.13. The molecule has 1 aliphatic rings. The maximum Gasteiger partial charge on any atom is 0.185 e. The molecule has 0 atom stereocenters. The van der Waals surface area contributed by atoms with Crippen LogP contribution in [0.2, 0.25) is 0 Å². The Hall–Kier alpha value is -0.610. The molecule has 1 aliphatic heterocycles. The van der Waals surface area contributed by atoms with Crippen LogP contribution >= 0.6 is 11.3 Å². The zero-order chi connectivity index (χ0) is 13.2. The first-order valence-electron chi connectivity index (χ1n) is 6.84. The molecule has 0 saturated carbocycles. The van der Waals surface area contributed by atoms with Gasteiger partial charge < -0.3 is 10.2 Å². The highest BCUT2D eigenvalue weighted by Crippen LogP contribution is 2.36. The molecular weight excluding hydrogens is 242 g/mol. The van der Waals surface area contributed by atoms with Gasteiger partial charge in [0.1, 0.15) is 0 Å². The summed E-state index contributed by atoms with van der Waals surface area (Å²) in [6.07, 6.45) is 2.59. The first-order chi connectivity index (χ1) is 8.50. The largest absolute Gasteiger partial charge is 0.348 e. The summed E-state index contributed by atoms with van der Waals surface area (Å²) >= 11 is 1.78. The fraction of sp³-hybridized carbons (Fsp3) is 0.786. The Morgan fingerprint density at radius 3 is 2.61 bits per heavy atom. The Bertz CT molecular complexity index is 373. The normalized spacial score (nSPS) is 18.3. The van der Waals surface area contributed by atoms with Crippen molar-refractivity contribution >= 4 is 16.5 Å². The van der Waals surface area contributed by atoms with Gasteiger partial charge in [-0.25, -0.2) is 4.98 Å². The molecule has 18 heavy (non-hydrogen) atoms. The minimum atomic E-state index is 0.451. The zero-order valence-electron chi connectivity index (χ0n) is 12.0. The topological polar surface area (TPSA) is 28.2 Å². The first-order valence-corrected chi connectivity index (χ1v) is 7.72. The van der Waals surface area contributed by atoms with Crippen LogP contribution in [0, 0.1) is 11.3 Å². The summed E-state index contributed by atoms with van der Waals surface area (Å²) in [5.74, 6) is 0.852. The predicted molar refractivity (Wildman–Crippen MR) is 79.3 cm³/mol. The van der Waals surface area contributed by atoms with Gasteiger partial charge in [0.05, 0.1) is 5.69 Å². The lowest BCUT2D eigenvalue weighted by molar-refractivity contribution is 0.199. The number of hydrogen-bond donors (Lipinski definition) is 1. The maximum atomic E-state index is 4.69. The molecule has 2 heterocycles.